The lowest BCUT2D eigenvalue weighted by Crippen LogP contribution is -2.30. The van der Waals surface area contributed by atoms with Crippen LogP contribution >= 0.6 is 0 Å². The van der Waals surface area contributed by atoms with Gasteiger partial charge in [-0.2, -0.15) is 0 Å². The molecule has 0 aliphatic rings. The van der Waals surface area contributed by atoms with E-state index in [0.717, 1.165) is 38.5 Å². The Kier molecular flexibility index (Phi) is 12.1. The first-order valence-electron chi connectivity index (χ1n) is 9.91. The largest absolute Gasteiger partial charge is 0.443 e. The highest BCUT2D eigenvalue weighted by atomic mass is 16.6. The Labute approximate surface area is 166 Å². The zero-order valence-corrected chi connectivity index (χ0v) is 16.5. The maximum atomic E-state index is 12.4. The maximum absolute atomic E-state index is 12.4. The number of rotatable bonds is 14. The zero-order valence-electron chi connectivity index (χ0n) is 16.5. The maximum Gasteiger partial charge on any atom is 0.340 e. The van der Waals surface area contributed by atoms with Crippen LogP contribution in [-0.4, -0.2) is 37.5 Å². The molecule has 0 radical (unpaired) electrons. The first-order chi connectivity index (χ1) is 13.5. The standard InChI is InChI=1S/C20H34N4O4/c21-13-7-1-3-11-17(23)27-19(25)15-9-5-6-10-16(15)20(26)28-18(24)12-4-2-8-14-22/h5-6,9-10,17-18H,1-4,7-8,11-14,21-24H2. The van der Waals surface area contributed by atoms with Gasteiger partial charge in [-0.25, -0.2) is 9.59 Å². The van der Waals surface area contributed by atoms with Crippen molar-refractivity contribution in [3.8, 4) is 0 Å². The highest BCUT2D eigenvalue weighted by molar-refractivity contribution is 6.03. The fourth-order valence-electron chi connectivity index (χ4n) is 2.69. The third-order valence-electron chi connectivity index (χ3n) is 4.27. The number of esters is 2. The van der Waals surface area contributed by atoms with Gasteiger partial charge >= 0.3 is 11.9 Å². The summed E-state index contributed by atoms with van der Waals surface area (Å²) in [4.78, 5) is 24.9. The highest BCUT2D eigenvalue weighted by Crippen LogP contribution is 2.15. The van der Waals surface area contributed by atoms with E-state index in [1.54, 1.807) is 12.1 Å². The number of nitrogens with two attached hydrogens (primary N) is 4. The molecule has 0 spiro atoms. The number of hydrogen-bond donors (Lipinski definition) is 4. The van der Waals surface area contributed by atoms with Gasteiger partial charge in [0.25, 0.3) is 0 Å². The Morgan fingerprint density at radius 2 is 1.11 bits per heavy atom. The molecular formula is C20H34N4O4. The fraction of sp³-hybridized carbons (Fsp3) is 0.600. The van der Waals surface area contributed by atoms with E-state index in [2.05, 4.69) is 0 Å². The summed E-state index contributed by atoms with van der Waals surface area (Å²) in [6.45, 7) is 1.25. The molecule has 8 N–H and O–H groups in total. The van der Waals surface area contributed by atoms with Crippen LogP contribution in [-0.2, 0) is 9.47 Å². The SMILES string of the molecule is NCCCCCC(N)OC(=O)c1ccccc1C(=O)OC(N)CCCCCN. The van der Waals surface area contributed by atoms with Crippen molar-refractivity contribution in [3.63, 3.8) is 0 Å². The van der Waals surface area contributed by atoms with Gasteiger partial charge in [-0.3, -0.25) is 11.5 Å². The monoisotopic (exact) mass is 394 g/mol. The molecule has 158 valence electrons. The fourth-order valence-corrected chi connectivity index (χ4v) is 2.69. The summed E-state index contributed by atoms with van der Waals surface area (Å²) in [5.74, 6) is -1.31. The lowest BCUT2D eigenvalue weighted by atomic mass is 10.1. The molecule has 8 nitrogen and oxygen atoms in total. The minimum absolute atomic E-state index is 0.111. The zero-order chi connectivity index (χ0) is 20.8. The van der Waals surface area contributed by atoms with Crippen LogP contribution in [0.1, 0.15) is 72.1 Å². The molecule has 0 heterocycles. The summed E-state index contributed by atoms with van der Waals surface area (Å²) in [5, 5.41) is 0. The molecule has 1 aromatic carbocycles. The van der Waals surface area contributed by atoms with Crippen molar-refractivity contribution in [3.05, 3.63) is 35.4 Å². The Balaban J connectivity index is 2.60. The van der Waals surface area contributed by atoms with Crippen molar-refractivity contribution < 1.29 is 19.1 Å². The van der Waals surface area contributed by atoms with Crippen LogP contribution in [0.15, 0.2) is 24.3 Å². The van der Waals surface area contributed by atoms with Crippen LogP contribution in [0, 0.1) is 0 Å². The van der Waals surface area contributed by atoms with E-state index in [1.807, 2.05) is 0 Å². The minimum atomic E-state index is -0.737. The Hall–Kier alpha value is -2.00. The van der Waals surface area contributed by atoms with Crippen LogP contribution in [0.4, 0.5) is 0 Å². The van der Waals surface area contributed by atoms with E-state index in [1.165, 1.54) is 12.1 Å². The van der Waals surface area contributed by atoms with Crippen molar-refractivity contribution >= 4 is 11.9 Å². The average Bonchev–Trinajstić information content (AvgIpc) is 2.68. The van der Waals surface area contributed by atoms with E-state index in [4.69, 9.17) is 32.4 Å². The van der Waals surface area contributed by atoms with Gasteiger partial charge < -0.3 is 20.9 Å². The minimum Gasteiger partial charge on any atom is -0.443 e. The number of carbonyl (C=O) groups excluding carboxylic acids is 2. The molecule has 0 aliphatic carbocycles. The summed E-state index contributed by atoms with van der Waals surface area (Å²) < 4.78 is 10.5. The summed E-state index contributed by atoms with van der Waals surface area (Å²) in [7, 11) is 0. The summed E-state index contributed by atoms with van der Waals surface area (Å²) in [6, 6.07) is 6.31. The molecule has 0 aliphatic heterocycles. The first kappa shape index (κ1) is 24.0. The Morgan fingerprint density at radius 1 is 0.714 bits per heavy atom. The first-order valence-corrected chi connectivity index (χ1v) is 9.91. The van der Waals surface area contributed by atoms with Crippen molar-refractivity contribution in [2.75, 3.05) is 13.1 Å². The Bertz CT molecular complexity index is 546. The normalized spacial score (nSPS) is 13.0. The van der Waals surface area contributed by atoms with Crippen LogP contribution in [0.5, 0.6) is 0 Å². The summed E-state index contributed by atoms with van der Waals surface area (Å²) in [6.07, 6.45) is 4.88. The highest BCUT2D eigenvalue weighted by Gasteiger charge is 2.22. The quantitative estimate of drug-likeness (QED) is 0.210. The predicted molar refractivity (Wildman–Crippen MR) is 108 cm³/mol. The van der Waals surface area contributed by atoms with Gasteiger partial charge in [-0.15, -0.1) is 0 Å². The van der Waals surface area contributed by atoms with Crippen molar-refractivity contribution in [1.29, 1.82) is 0 Å². The summed E-state index contributed by atoms with van der Waals surface area (Å²) >= 11 is 0. The van der Waals surface area contributed by atoms with E-state index >= 15 is 0 Å². The number of carbonyl (C=O) groups is 2. The second-order valence-corrected chi connectivity index (χ2v) is 6.71. The van der Waals surface area contributed by atoms with Crippen LogP contribution in [0.25, 0.3) is 0 Å². The molecule has 1 aromatic rings. The topological polar surface area (TPSA) is 157 Å². The number of ether oxygens (including phenoxy) is 2. The van der Waals surface area contributed by atoms with Crippen molar-refractivity contribution in [2.24, 2.45) is 22.9 Å². The smallest absolute Gasteiger partial charge is 0.340 e. The molecule has 2 atom stereocenters. The van der Waals surface area contributed by atoms with Gasteiger partial charge in [0.15, 0.2) is 12.5 Å². The predicted octanol–water partition coefficient (Wildman–Crippen LogP) is 1.61. The van der Waals surface area contributed by atoms with Gasteiger partial charge in [0.1, 0.15) is 0 Å². The van der Waals surface area contributed by atoms with Crippen LogP contribution < -0.4 is 22.9 Å². The molecule has 8 heteroatoms. The number of unbranched alkanes of at least 4 members (excludes halogenated alkanes) is 4. The number of hydrogen-bond acceptors (Lipinski definition) is 8. The molecule has 1 rings (SSSR count). The molecule has 0 saturated carbocycles. The van der Waals surface area contributed by atoms with Crippen molar-refractivity contribution in [1.82, 2.24) is 0 Å². The molecule has 0 saturated heterocycles. The molecule has 0 amide bonds. The molecule has 0 aromatic heterocycles. The van der Waals surface area contributed by atoms with Gasteiger partial charge in [0.2, 0.25) is 0 Å². The van der Waals surface area contributed by atoms with E-state index in [-0.39, 0.29) is 11.1 Å². The third kappa shape index (κ3) is 9.27. The van der Waals surface area contributed by atoms with E-state index in [0.29, 0.717) is 25.9 Å². The second-order valence-electron chi connectivity index (χ2n) is 6.71. The van der Waals surface area contributed by atoms with Crippen LogP contribution in [0.3, 0.4) is 0 Å². The molecule has 28 heavy (non-hydrogen) atoms. The van der Waals surface area contributed by atoms with Crippen molar-refractivity contribution in [2.45, 2.75) is 63.8 Å². The number of benzene rings is 1. The van der Waals surface area contributed by atoms with Gasteiger partial charge in [0, 0.05) is 0 Å². The van der Waals surface area contributed by atoms with E-state index < -0.39 is 24.4 Å². The van der Waals surface area contributed by atoms with Gasteiger partial charge in [-0.05, 0) is 63.7 Å². The Morgan fingerprint density at radius 3 is 1.46 bits per heavy atom. The lowest BCUT2D eigenvalue weighted by molar-refractivity contribution is 0.0242. The second kappa shape index (κ2) is 14.1. The van der Waals surface area contributed by atoms with Gasteiger partial charge in [0.05, 0.1) is 11.1 Å². The van der Waals surface area contributed by atoms with Crippen LogP contribution in [0.2, 0.25) is 0 Å². The molecule has 0 bridgehead atoms. The molecule has 2 unspecified atom stereocenters. The summed E-state index contributed by atoms with van der Waals surface area (Å²) in [5.41, 5.74) is 22.8. The molecule has 0 fully saturated rings. The third-order valence-corrected chi connectivity index (χ3v) is 4.27. The average molecular weight is 395 g/mol. The van der Waals surface area contributed by atoms with E-state index in [9.17, 15) is 9.59 Å². The lowest BCUT2D eigenvalue weighted by Gasteiger charge is -2.16. The molecular weight excluding hydrogens is 360 g/mol. The van der Waals surface area contributed by atoms with Gasteiger partial charge in [-0.1, -0.05) is 25.0 Å².